The van der Waals surface area contributed by atoms with Crippen molar-refractivity contribution in [3.05, 3.63) is 35.5 Å². The fraction of sp³-hybridized carbons (Fsp3) is 0.579. The predicted molar refractivity (Wildman–Crippen MR) is 92.2 cm³/mol. The number of fused-ring (bicyclic) bond motifs is 3. The van der Waals surface area contributed by atoms with Crippen LogP contribution < -0.4 is 5.32 Å². The van der Waals surface area contributed by atoms with Crippen LogP contribution in [0.4, 0.5) is 0 Å². The van der Waals surface area contributed by atoms with Crippen molar-refractivity contribution in [1.29, 1.82) is 0 Å². The van der Waals surface area contributed by atoms with Crippen LogP contribution in [0, 0.1) is 0 Å². The van der Waals surface area contributed by atoms with E-state index in [2.05, 4.69) is 46.4 Å². The Bertz CT molecular complexity index is 637. The van der Waals surface area contributed by atoms with Crippen LogP contribution >= 0.6 is 0 Å². The minimum atomic E-state index is 0.523. The van der Waals surface area contributed by atoms with Crippen molar-refractivity contribution in [3.63, 3.8) is 0 Å². The molecule has 2 N–H and O–H groups in total. The summed E-state index contributed by atoms with van der Waals surface area (Å²) in [7, 11) is 0. The van der Waals surface area contributed by atoms with Gasteiger partial charge in [0.2, 0.25) is 0 Å². The van der Waals surface area contributed by atoms with Crippen LogP contribution in [0.15, 0.2) is 24.3 Å². The molecule has 2 heterocycles. The lowest BCUT2D eigenvalue weighted by atomic mass is 9.90. The zero-order valence-corrected chi connectivity index (χ0v) is 13.6. The van der Waals surface area contributed by atoms with Crippen LogP contribution in [0.2, 0.25) is 0 Å². The van der Waals surface area contributed by atoms with Gasteiger partial charge >= 0.3 is 0 Å². The lowest BCUT2D eigenvalue weighted by molar-refractivity contribution is 0.195. The maximum atomic E-state index is 3.96. The van der Waals surface area contributed by atoms with Gasteiger partial charge < -0.3 is 15.2 Å². The molecule has 2 aromatic rings. The Balaban J connectivity index is 1.53. The lowest BCUT2D eigenvalue weighted by Gasteiger charge is -2.35. The van der Waals surface area contributed by atoms with E-state index in [9.17, 15) is 0 Å². The summed E-state index contributed by atoms with van der Waals surface area (Å²) in [6, 6.07) is 9.98. The average Bonchev–Trinajstić information content (AvgIpc) is 2.95. The zero-order valence-electron chi connectivity index (χ0n) is 13.6. The summed E-state index contributed by atoms with van der Waals surface area (Å²) in [5.74, 6) is 0. The molecule has 0 bridgehead atoms. The monoisotopic (exact) mass is 297 g/mol. The molecular weight excluding hydrogens is 270 g/mol. The van der Waals surface area contributed by atoms with E-state index in [1.807, 2.05) is 0 Å². The largest absolute Gasteiger partial charge is 0.357 e. The summed E-state index contributed by atoms with van der Waals surface area (Å²) >= 11 is 0. The molecule has 2 aliphatic rings. The van der Waals surface area contributed by atoms with Gasteiger partial charge in [-0.1, -0.05) is 25.1 Å². The van der Waals surface area contributed by atoms with E-state index in [0.29, 0.717) is 12.1 Å². The molecule has 1 aliphatic carbocycles. The third-order valence-electron chi connectivity index (χ3n) is 5.59. The van der Waals surface area contributed by atoms with Gasteiger partial charge in [-0.25, -0.2) is 0 Å². The first kappa shape index (κ1) is 14.3. The van der Waals surface area contributed by atoms with Gasteiger partial charge in [0.1, 0.15) is 0 Å². The van der Waals surface area contributed by atoms with Crippen molar-refractivity contribution in [2.24, 2.45) is 0 Å². The normalized spacial score (nSPS) is 23.8. The topological polar surface area (TPSA) is 31.1 Å². The molecule has 0 saturated carbocycles. The first-order chi connectivity index (χ1) is 10.8. The van der Waals surface area contributed by atoms with Crippen molar-refractivity contribution < 1.29 is 0 Å². The molecular formula is C19H27N3. The number of nitrogens with one attached hydrogen (secondary N) is 2. The minimum Gasteiger partial charge on any atom is -0.357 e. The number of hydrogen-bond acceptors (Lipinski definition) is 2. The zero-order chi connectivity index (χ0) is 14.9. The molecule has 22 heavy (non-hydrogen) atoms. The quantitative estimate of drug-likeness (QED) is 0.906. The van der Waals surface area contributed by atoms with Crippen LogP contribution in [0.25, 0.3) is 10.9 Å². The third kappa shape index (κ3) is 2.57. The van der Waals surface area contributed by atoms with Gasteiger partial charge in [0.25, 0.3) is 0 Å². The second-order valence-electron chi connectivity index (χ2n) is 6.88. The Morgan fingerprint density at radius 1 is 1.18 bits per heavy atom. The van der Waals surface area contributed by atoms with E-state index in [0.717, 1.165) is 0 Å². The molecule has 1 aromatic heterocycles. The molecule has 1 unspecified atom stereocenters. The van der Waals surface area contributed by atoms with E-state index < -0.39 is 0 Å². The van der Waals surface area contributed by atoms with E-state index in [1.165, 1.54) is 68.3 Å². The molecule has 1 aliphatic heterocycles. The number of H-pyrrole nitrogens is 1. The predicted octanol–water partition coefficient (Wildman–Crippen LogP) is 3.62. The summed E-state index contributed by atoms with van der Waals surface area (Å²) in [6.45, 7) is 5.97. The molecule has 4 rings (SSSR count). The molecule has 0 spiro atoms. The van der Waals surface area contributed by atoms with Crippen LogP contribution in [0.3, 0.4) is 0 Å². The number of aromatic amines is 1. The van der Waals surface area contributed by atoms with Crippen molar-refractivity contribution in [2.45, 2.75) is 51.1 Å². The number of benzene rings is 1. The Morgan fingerprint density at radius 2 is 2.00 bits per heavy atom. The van der Waals surface area contributed by atoms with Crippen LogP contribution in [-0.4, -0.2) is 35.6 Å². The number of rotatable bonds is 3. The lowest BCUT2D eigenvalue weighted by Crippen LogP contribution is -2.44. The maximum absolute atomic E-state index is 3.96. The standard InChI is InChI=1S/C19H27N3/c1-2-22-12-10-14(11-13-22)20-18-9-5-7-16-15-6-3-4-8-17(15)21-19(16)18/h3-4,6,8,14,18,20-21H,2,5,7,9-13H2,1H3. The number of piperidine rings is 1. The number of para-hydroxylation sites is 1. The van der Waals surface area contributed by atoms with Gasteiger partial charge in [0.05, 0.1) is 0 Å². The molecule has 1 fully saturated rings. The first-order valence-electron chi connectivity index (χ1n) is 8.93. The van der Waals surface area contributed by atoms with E-state index in [-0.39, 0.29) is 0 Å². The van der Waals surface area contributed by atoms with E-state index >= 15 is 0 Å². The molecule has 3 nitrogen and oxygen atoms in total. The van der Waals surface area contributed by atoms with Crippen LogP contribution in [0.1, 0.15) is 49.9 Å². The Hall–Kier alpha value is -1.32. The smallest absolute Gasteiger partial charge is 0.0478 e. The van der Waals surface area contributed by atoms with Gasteiger partial charge in [-0.2, -0.15) is 0 Å². The second kappa shape index (κ2) is 6.05. The second-order valence-corrected chi connectivity index (χ2v) is 6.88. The summed E-state index contributed by atoms with van der Waals surface area (Å²) < 4.78 is 0. The molecule has 3 heteroatoms. The van der Waals surface area contributed by atoms with Gasteiger partial charge in [-0.15, -0.1) is 0 Å². The minimum absolute atomic E-state index is 0.523. The van der Waals surface area contributed by atoms with E-state index in [4.69, 9.17) is 0 Å². The maximum Gasteiger partial charge on any atom is 0.0478 e. The fourth-order valence-corrected chi connectivity index (χ4v) is 4.28. The number of aromatic nitrogens is 1. The number of hydrogen-bond donors (Lipinski definition) is 2. The summed E-state index contributed by atoms with van der Waals surface area (Å²) in [5, 5.41) is 5.40. The SMILES string of the molecule is CCN1CCC(NC2CCCc3c2[nH]c2ccccc32)CC1. The summed E-state index contributed by atoms with van der Waals surface area (Å²) in [4.78, 5) is 6.27. The summed E-state index contributed by atoms with van der Waals surface area (Å²) in [5.41, 5.74) is 4.33. The molecule has 118 valence electrons. The van der Waals surface area contributed by atoms with Gasteiger partial charge in [0, 0.05) is 28.7 Å². The van der Waals surface area contributed by atoms with Crippen molar-refractivity contribution >= 4 is 10.9 Å². The summed E-state index contributed by atoms with van der Waals surface area (Å²) in [6.07, 6.45) is 6.39. The van der Waals surface area contributed by atoms with Gasteiger partial charge in [0.15, 0.2) is 0 Å². The van der Waals surface area contributed by atoms with Crippen LogP contribution in [0.5, 0.6) is 0 Å². The highest BCUT2D eigenvalue weighted by atomic mass is 15.1. The number of aryl methyl sites for hydroxylation is 1. The van der Waals surface area contributed by atoms with Gasteiger partial charge in [-0.3, -0.25) is 0 Å². The molecule has 1 aromatic carbocycles. The molecule has 0 amide bonds. The van der Waals surface area contributed by atoms with Crippen molar-refractivity contribution in [2.75, 3.05) is 19.6 Å². The van der Waals surface area contributed by atoms with Crippen molar-refractivity contribution in [3.8, 4) is 0 Å². The fourth-order valence-electron chi connectivity index (χ4n) is 4.28. The molecule has 1 saturated heterocycles. The highest BCUT2D eigenvalue weighted by Crippen LogP contribution is 2.35. The first-order valence-corrected chi connectivity index (χ1v) is 8.93. The Labute approximate surface area is 133 Å². The average molecular weight is 297 g/mol. The Morgan fingerprint density at radius 3 is 2.82 bits per heavy atom. The molecule has 0 radical (unpaired) electrons. The molecule has 1 atom stereocenters. The van der Waals surface area contributed by atoms with Crippen LogP contribution in [-0.2, 0) is 6.42 Å². The third-order valence-corrected chi connectivity index (χ3v) is 5.59. The Kier molecular flexibility index (Phi) is 3.93. The highest BCUT2D eigenvalue weighted by molar-refractivity contribution is 5.85. The van der Waals surface area contributed by atoms with Crippen molar-refractivity contribution in [1.82, 2.24) is 15.2 Å². The van der Waals surface area contributed by atoms with E-state index in [1.54, 1.807) is 5.56 Å². The number of likely N-dealkylation sites (tertiary alicyclic amines) is 1. The van der Waals surface area contributed by atoms with Gasteiger partial charge in [-0.05, 0) is 63.4 Å². The highest BCUT2D eigenvalue weighted by Gasteiger charge is 2.27. The number of nitrogens with zero attached hydrogens (tertiary/aromatic N) is 1.